The summed E-state index contributed by atoms with van der Waals surface area (Å²) in [7, 11) is 16.1. The second kappa shape index (κ2) is 49.0. The zero-order valence-electron chi connectivity index (χ0n) is 79.9. The molecule has 8 aliphatic rings. The maximum Gasteiger partial charge on any atom is -0.0624 e. The molecule has 4 nitrogen and oxygen atoms in total. The molecule has 0 spiro atoms. The molecule has 0 bridgehead atoms. The summed E-state index contributed by atoms with van der Waals surface area (Å²) in [6, 6.07) is 75.0. The minimum atomic E-state index is -1.96. The van der Waals surface area contributed by atoms with Gasteiger partial charge in [0.1, 0.15) is 0 Å². The third kappa shape index (κ3) is 27.2. The van der Waals surface area contributed by atoms with E-state index in [-0.39, 0.29) is 36.5 Å². The number of hydrogen-bond donors (Lipinski definition) is 0. The average Bonchev–Trinajstić information content (AvgIpc) is 1.57. The Morgan fingerprint density at radius 1 is 0.448 bits per heavy atom. The number of benzene rings is 8. The largest absolute Gasteiger partial charge is 0.684 e. The number of allylic oxidation sites excluding steroid dienone is 10. The standard InChI is InChI=1S/C44H60Si.C44H52Si.C15H16N2.2C4H7O.2CH3.4ClH.2Zr/c2*1-11-26-45(10,41-29(2)27-39-35(14-12-16-37(39)41)31-18-22-33(23-19-31)43(4,5)6)42-30(3)28-40-36(15-13-17-38(40)42)32-20-24-34(25-21-32)44(7,8)9;1-3-8-14(9-4-1)16-12-7-13-17-15-10-5-2-6-11-15;2*1-2-4-5-3-1;;;;;;;;/h12-25,29-30,37-42H,11,26-28H2,1-10H3;12-25,27-28,41-42H,11,26H2,1-10H3;1-6,8-11H,7,12-13H2;2*3H,1-2,4H2;2*1H3;4*1H;;/q;;-2;4*-1;;;;;+2;+4/p-4. The van der Waals surface area contributed by atoms with E-state index in [9.17, 15) is 0 Å². The van der Waals surface area contributed by atoms with Crippen molar-refractivity contribution < 1.29 is 51.2 Å². The van der Waals surface area contributed by atoms with Crippen LogP contribution in [-0.2, 0) is 72.8 Å². The van der Waals surface area contributed by atoms with Crippen LogP contribution in [0, 0.1) is 63.6 Å². The van der Waals surface area contributed by atoms with Gasteiger partial charge in [0.2, 0.25) is 0 Å². The summed E-state index contributed by atoms with van der Waals surface area (Å²) in [6.07, 6.45) is 31.1. The van der Waals surface area contributed by atoms with Gasteiger partial charge in [-0.15, -0.1) is 24.5 Å². The van der Waals surface area contributed by atoms with Crippen LogP contribution in [0.3, 0.4) is 0 Å². The monoisotopic (exact) mass is 1940 g/mol. The fraction of sp³-hybridized carbons (Fsp3) is 0.434. The van der Waals surface area contributed by atoms with E-state index in [1.165, 1.54) is 117 Å². The molecule has 2 aliphatic heterocycles. The van der Waals surface area contributed by atoms with Crippen molar-refractivity contribution in [2.24, 2.45) is 35.5 Å². The van der Waals surface area contributed by atoms with E-state index in [4.69, 9.17) is 43.5 Å². The molecule has 10 atom stereocenters. The van der Waals surface area contributed by atoms with E-state index in [2.05, 4.69) is 330 Å². The number of para-hydroxylation sites is 2. The Kier molecular flexibility index (Phi) is 41.3. The second-order valence-electron chi connectivity index (χ2n) is 40.2. The quantitative estimate of drug-likeness (QED) is 0.0488. The van der Waals surface area contributed by atoms with E-state index in [0.29, 0.717) is 34.8 Å². The van der Waals surface area contributed by atoms with Gasteiger partial charge in [0.25, 0.3) is 0 Å². The molecule has 10 unspecified atom stereocenters. The Balaban J connectivity index is 0.000000225. The van der Waals surface area contributed by atoms with Crippen molar-refractivity contribution in [1.29, 1.82) is 0 Å². The molecule has 8 aromatic carbocycles. The number of ether oxygens (including phenoxy) is 2. The fourth-order valence-electron chi connectivity index (χ4n) is 21.9. The molecule has 0 N–H and O–H groups in total. The Bertz CT molecular complexity index is 4500. The first kappa shape index (κ1) is 105. The van der Waals surface area contributed by atoms with Crippen molar-refractivity contribution in [3.63, 3.8) is 0 Å². The zero-order valence-corrected chi connectivity index (χ0v) is 89.8. The third-order valence-electron chi connectivity index (χ3n) is 27.3. The molecule has 2 saturated carbocycles. The minimum absolute atomic E-state index is 0. The van der Waals surface area contributed by atoms with Gasteiger partial charge in [-0.05, 0) is 184 Å². The predicted octanol–water partition coefficient (Wildman–Crippen LogP) is 35.9. The van der Waals surface area contributed by atoms with Gasteiger partial charge in [0, 0.05) is 24.3 Å². The summed E-state index contributed by atoms with van der Waals surface area (Å²) in [5, 5.41) is 8.95. The van der Waals surface area contributed by atoms with Crippen LogP contribution in [0.1, 0.15) is 249 Å². The van der Waals surface area contributed by atoms with Crippen molar-refractivity contribution in [3.05, 3.63) is 336 Å². The first-order chi connectivity index (χ1) is 58.7. The summed E-state index contributed by atoms with van der Waals surface area (Å²) < 4.78 is 9.64. The van der Waals surface area contributed by atoms with Crippen LogP contribution in [0.25, 0.3) is 56.2 Å². The van der Waals surface area contributed by atoms with Gasteiger partial charge in [-0.1, -0.05) is 422 Å². The second-order valence-corrected chi connectivity index (χ2v) is 57.2. The first-order valence-corrected chi connectivity index (χ1v) is 64.2. The van der Waals surface area contributed by atoms with Crippen LogP contribution in [0.15, 0.2) is 242 Å². The van der Waals surface area contributed by atoms with Crippen molar-refractivity contribution in [3.8, 4) is 22.3 Å². The van der Waals surface area contributed by atoms with Gasteiger partial charge in [0.15, 0.2) is 0 Å². The third-order valence-corrected chi connectivity index (χ3v) is 39.6. The maximum atomic E-state index is 4.93. The van der Waals surface area contributed by atoms with Crippen molar-refractivity contribution >= 4 is 84.9 Å². The van der Waals surface area contributed by atoms with Gasteiger partial charge in [-0.3, -0.25) is 0 Å². The molecule has 8 aromatic rings. The Morgan fingerprint density at radius 3 is 1.06 bits per heavy atom. The molecule has 0 radical (unpaired) electrons. The molecule has 125 heavy (non-hydrogen) atoms. The maximum absolute atomic E-state index is 4.93. The van der Waals surface area contributed by atoms with Crippen LogP contribution in [-0.4, -0.2) is 42.5 Å². The van der Waals surface area contributed by atoms with Gasteiger partial charge in [0.05, 0.1) is 16.1 Å². The zero-order chi connectivity index (χ0) is 88.9. The number of rotatable bonds is 18. The van der Waals surface area contributed by atoms with Gasteiger partial charge >= 0.3 is 75.7 Å². The summed E-state index contributed by atoms with van der Waals surface area (Å²) in [5.41, 5.74) is 31.8. The number of fused-ring (bicyclic) bond motifs is 4. The van der Waals surface area contributed by atoms with Gasteiger partial charge < -0.3 is 35.0 Å². The summed E-state index contributed by atoms with van der Waals surface area (Å²) in [4.78, 5) is 0. The minimum Gasteiger partial charge on any atom is -0.684 e. The molecule has 16 rings (SSSR count). The molecule has 0 amide bonds. The molecule has 12 heteroatoms. The average molecular weight is 1950 g/mol. The molecule has 2 saturated heterocycles. The SMILES string of the molecule is CCC[Si](C)(C1C(C)=Cc2c(-c3ccc(C(C)(C)C)cc3)cccc21)C1C(C)=Cc2c(-c3ccc(C(C)(C)C)cc3)cccc21.CCC[Si](C)(C1C(C)CC2C(c3ccc(C(C)(C)C)cc3)=CC=CC21)C1C(C)CC2C(c3ccc(C(C)(C)C)cc3)=CC=CC21.[CH-]1CCCO1.[CH-]1CCCO1.[CH3-].[CH3-].[Cl][Zr+2][Cl].[Cl][Zr][Cl].c1ccc([N-]CCC[N-]c2ccccc2)cc1. The van der Waals surface area contributed by atoms with Crippen LogP contribution in [0.5, 0.6) is 0 Å². The predicted molar refractivity (Wildman–Crippen MR) is 549 cm³/mol. The Morgan fingerprint density at radius 2 is 0.768 bits per heavy atom. The van der Waals surface area contributed by atoms with E-state index < -0.39 is 57.8 Å². The Labute approximate surface area is 799 Å². The van der Waals surface area contributed by atoms with Crippen LogP contribution < -0.4 is 0 Å². The van der Waals surface area contributed by atoms with Crippen molar-refractivity contribution in [2.75, 3.05) is 26.3 Å². The normalized spacial score (nSPS) is 22.0. The van der Waals surface area contributed by atoms with Crippen LogP contribution in [0.4, 0.5) is 11.4 Å². The van der Waals surface area contributed by atoms with E-state index in [0.717, 1.165) is 79.9 Å². The molecule has 670 valence electrons. The molecule has 0 aromatic heterocycles. The van der Waals surface area contributed by atoms with E-state index in [1.807, 2.05) is 73.9 Å². The molecular formula is C113H148Cl4N2O2Si2Zr2-4. The van der Waals surface area contributed by atoms with Crippen molar-refractivity contribution in [1.82, 2.24) is 0 Å². The Hall–Kier alpha value is -4.92. The van der Waals surface area contributed by atoms with Crippen LogP contribution >= 0.6 is 34.1 Å². The molecule has 6 aliphatic carbocycles. The molecule has 2 heterocycles. The van der Waals surface area contributed by atoms with Crippen molar-refractivity contribution in [2.45, 2.75) is 251 Å². The smallest absolute Gasteiger partial charge is 0.0624 e. The number of halogens is 4. The summed E-state index contributed by atoms with van der Waals surface area (Å²) in [6.45, 7) is 55.5. The first-order valence-electron chi connectivity index (χ1n) is 45.8. The van der Waals surface area contributed by atoms with E-state index in [1.54, 1.807) is 33.4 Å². The summed E-state index contributed by atoms with van der Waals surface area (Å²) in [5.74, 6) is 4.24. The fourth-order valence-corrected chi connectivity index (χ4v) is 35.6. The summed E-state index contributed by atoms with van der Waals surface area (Å²) >= 11 is -1.65. The number of nitrogens with zero attached hydrogens (tertiary/aromatic N) is 2. The number of hydrogen-bond acceptors (Lipinski definition) is 2. The molecule has 4 fully saturated rings. The van der Waals surface area contributed by atoms with Gasteiger partial charge in [-0.25, -0.2) is 13.2 Å². The molecular weight excluding hydrogens is 1800 g/mol. The van der Waals surface area contributed by atoms with Crippen LogP contribution in [0.2, 0.25) is 36.3 Å². The van der Waals surface area contributed by atoms with Gasteiger partial charge in [-0.2, -0.15) is 12.8 Å². The topological polar surface area (TPSA) is 46.7 Å². The van der Waals surface area contributed by atoms with E-state index >= 15 is 0 Å².